The fourth-order valence-electron chi connectivity index (χ4n) is 5.03. The molecule has 16 heavy (non-hydrogen) atoms. The molecule has 0 radical (unpaired) electrons. The van der Waals surface area contributed by atoms with Crippen LogP contribution < -0.4 is 0 Å². The van der Waals surface area contributed by atoms with Gasteiger partial charge in [0.2, 0.25) is 0 Å². The lowest BCUT2D eigenvalue weighted by Crippen LogP contribution is -2.55. The van der Waals surface area contributed by atoms with Gasteiger partial charge >= 0.3 is 0 Å². The van der Waals surface area contributed by atoms with E-state index in [1.165, 1.54) is 25.7 Å². The minimum atomic E-state index is 0.343. The zero-order valence-corrected chi connectivity index (χ0v) is 10.8. The summed E-state index contributed by atoms with van der Waals surface area (Å²) in [6, 6.07) is 0. The molecule has 0 aromatic heterocycles. The Balaban J connectivity index is 2.12. The number of hydrogen-bond donors (Lipinski definition) is 1. The van der Waals surface area contributed by atoms with Crippen LogP contribution in [0.3, 0.4) is 0 Å². The number of aliphatic hydroxyl groups excluding tert-OH is 1. The Morgan fingerprint density at radius 3 is 2.44 bits per heavy atom. The average molecular weight is 220 g/mol. The number of allylic oxidation sites excluding steroid dienone is 2. The lowest BCUT2D eigenvalue weighted by Gasteiger charge is -2.62. The summed E-state index contributed by atoms with van der Waals surface area (Å²) in [7, 11) is 0. The lowest BCUT2D eigenvalue weighted by atomic mass is 9.42. The molecule has 0 heterocycles. The molecule has 4 rings (SSSR count). The summed E-state index contributed by atoms with van der Waals surface area (Å²) in [6.45, 7) is 7.72. The summed E-state index contributed by atoms with van der Waals surface area (Å²) < 4.78 is 0. The maximum Gasteiger partial charge on any atom is 0.0467 e. The van der Waals surface area contributed by atoms with E-state index in [9.17, 15) is 5.11 Å². The van der Waals surface area contributed by atoms with Crippen LogP contribution in [-0.2, 0) is 0 Å². The SMILES string of the molecule is CC1(C)[C@H]2CC[C@H](CO)[C@]23C=C[C@@]1(C)CC3. The number of hydrogen-bond acceptors (Lipinski definition) is 1. The topological polar surface area (TPSA) is 20.2 Å². The van der Waals surface area contributed by atoms with E-state index in [1.54, 1.807) is 0 Å². The second-order valence-electron chi connectivity index (χ2n) is 7.09. The third-order valence-electron chi connectivity index (χ3n) is 6.61. The summed E-state index contributed by atoms with van der Waals surface area (Å²) in [6.07, 6.45) is 10.1. The first-order valence-electron chi connectivity index (χ1n) is 6.77. The molecule has 1 heteroatoms. The maximum absolute atomic E-state index is 9.62. The second kappa shape index (κ2) is 2.93. The van der Waals surface area contributed by atoms with Crippen LogP contribution in [0.2, 0.25) is 0 Å². The van der Waals surface area contributed by atoms with Crippen molar-refractivity contribution in [2.75, 3.05) is 6.61 Å². The molecule has 2 saturated carbocycles. The quantitative estimate of drug-likeness (QED) is 0.672. The molecule has 0 aliphatic heterocycles. The van der Waals surface area contributed by atoms with Crippen LogP contribution in [0.5, 0.6) is 0 Å². The molecule has 4 aliphatic rings. The first-order valence-corrected chi connectivity index (χ1v) is 6.77. The molecule has 2 bridgehead atoms. The van der Waals surface area contributed by atoms with E-state index in [2.05, 4.69) is 32.9 Å². The van der Waals surface area contributed by atoms with E-state index in [0.717, 1.165) is 5.92 Å². The Labute approximate surface area is 98.9 Å². The van der Waals surface area contributed by atoms with Crippen molar-refractivity contribution in [2.24, 2.45) is 28.1 Å². The van der Waals surface area contributed by atoms with Crippen molar-refractivity contribution < 1.29 is 5.11 Å². The molecule has 4 aliphatic carbocycles. The molecule has 90 valence electrons. The predicted molar refractivity (Wildman–Crippen MR) is 66.0 cm³/mol. The van der Waals surface area contributed by atoms with E-state index >= 15 is 0 Å². The highest BCUT2D eigenvalue weighted by atomic mass is 16.3. The minimum Gasteiger partial charge on any atom is -0.396 e. The monoisotopic (exact) mass is 220 g/mol. The first kappa shape index (κ1) is 10.8. The van der Waals surface area contributed by atoms with Crippen LogP contribution in [0, 0.1) is 28.1 Å². The molecule has 1 nitrogen and oxygen atoms in total. The summed E-state index contributed by atoms with van der Waals surface area (Å²) >= 11 is 0. The van der Waals surface area contributed by atoms with Crippen LogP contribution in [0.15, 0.2) is 12.2 Å². The predicted octanol–water partition coefficient (Wildman–Crippen LogP) is 3.39. The lowest BCUT2D eigenvalue weighted by molar-refractivity contribution is -0.0814. The normalized spacial score (nSPS) is 53.0. The van der Waals surface area contributed by atoms with Gasteiger partial charge < -0.3 is 5.11 Å². The van der Waals surface area contributed by atoms with Crippen molar-refractivity contribution in [1.29, 1.82) is 0 Å². The molecule has 0 amide bonds. The van der Waals surface area contributed by atoms with Gasteiger partial charge in [-0.2, -0.15) is 0 Å². The van der Waals surface area contributed by atoms with Gasteiger partial charge in [-0.25, -0.2) is 0 Å². The summed E-state index contributed by atoms with van der Waals surface area (Å²) in [5.41, 5.74) is 1.14. The highest BCUT2D eigenvalue weighted by Gasteiger charge is 2.63. The van der Waals surface area contributed by atoms with Crippen molar-refractivity contribution >= 4 is 0 Å². The summed E-state index contributed by atoms with van der Waals surface area (Å²) in [5.74, 6) is 1.32. The number of aliphatic hydroxyl groups is 1. The van der Waals surface area contributed by atoms with Gasteiger partial charge in [0.1, 0.15) is 0 Å². The Morgan fingerprint density at radius 2 is 1.88 bits per heavy atom. The molecular formula is C15H24O. The van der Waals surface area contributed by atoms with Gasteiger partial charge in [-0.3, -0.25) is 0 Å². The molecule has 2 fully saturated rings. The van der Waals surface area contributed by atoms with Gasteiger partial charge in [0, 0.05) is 6.61 Å². The first-order chi connectivity index (χ1) is 7.46. The van der Waals surface area contributed by atoms with Crippen LogP contribution in [0.4, 0.5) is 0 Å². The van der Waals surface area contributed by atoms with Crippen molar-refractivity contribution in [3.8, 4) is 0 Å². The Morgan fingerprint density at radius 1 is 1.12 bits per heavy atom. The zero-order chi connectivity index (χ0) is 11.6. The third kappa shape index (κ3) is 0.971. The Hall–Kier alpha value is -0.300. The molecule has 0 aromatic carbocycles. The van der Waals surface area contributed by atoms with E-state index in [0.29, 0.717) is 28.8 Å². The van der Waals surface area contributed by atoms with Crippen LogP contribution in [0.25, 0.3) is 0 Å². The average Bonchev–Trinajstić information content (AvgIpc) is 2.61. The number of fused-ring (bicyclic) bond motifs is 1. The summed E-state index contributed by atoms with van der Waals surface area (Å²) in [5, 5.41) is 9.62. The molecule has 1 N–H and O–H groups in total. The van der Waals surface area contributed by atoms with Gasteiger partial charge in [0.05, 0.1) is 0 Å². The Kier molecular flexibility index (Phi) is 1.98. The zero-order valence-electron chi connectivity index (χ0n) is 10.8. The standard InChI is InChI=1S/C15H24O/c1-13(2)12-5-4-11(10-16)15(12)8-6-14(13,3)7-9-15/h6,8,11-12,16H,4-5,7,9-10H2,1-3H3/t11-,12-,14+,15-/m1/s1. The summed E-state index contributed by atoms with van der Waals surface area (Å²) in [4.78, 5) is 0. The second-order valence-corrected chi connectivity index (χ2v) is 7.09. The molecule has 0 unspecified atom stereocenters. The van der Waals surface area contributed by atoms with Crippen molar-refractivity contribution in [1.82, 2.24) is 0 Å². The highest BCUT2D eigenvalue weighted by molar-refractivity contribution is 5.27. The van der Waals surface area contributed by atoms with Gasteiger partial charge in [-0.05, 0) is 53.8 Å². The van der Waals surface area contributed by atoms with Crippen LogP contribution in [0.1, 0.15) is 46.5 Å². The van der Waals surface area contributed by atoms with Crippen molar-refractivity contribution in [3.63, 3.8) is 0 Å². The smallest absolute Gasteiger partial charge is 0.0467 e. The fraction of sp³-hybridized carbons (Fsp3) is 0.867. The van der Waals surface area contributed by atoms with Gasteiger partial charge in [-0.15, -0.1) is 0 Å². The fourth-order valence-corrected chi connectivity index (χ4v) is 5.03. The van der Waals surface area contributed by atoms with Crippen LogP contribution in [-0.4, -0.2) is 11.7 Å². The van der Waals surface area contributed by atoms with E-state index in [-0.39, 0.29) is 0 Å². The molecule has 1 spiro atoms. The van der Waals surface area contributed by atoms with Gasteiger partial charge in [0.15, 0.2) is 0 Å². The highest BCUT2D eigenvalue weighted by Crippen LogP contribution is 2.71. The van der Waals surface area contributed by atoms with Crippen molar-refractivity contribution in [2.45, 2.75) is 46.5 Å². The molecular weight excluding hydrogens is 196 g/mol. The Bertz CT molecular complexity index is 343. The minimum absolute atomic E-state index is 0.343. The molecule has 0 aromatic rings. The molecule has 0 saturated heterocycles. The molecule has 4 atom stereocenters. The van der Waals surface area contributed by atoms with E-state index in [1.807, 2.05) is 0 Å². The van der Waals surface area contributed by atoms with E-state index in [4.69, 9.17) is 0 Å². The number of rotatable bonds is 1. The largest absolute Gasteiger partial charge is 0.396 e. The van der Waals surface area contributed by atoms with Crippen molar-refractivity contribution in [3.05, 3.63) is 12.2 Å². The maximum atomic E-state index is 9.62. The third-order valence-corrected chi connectivity index (χ3v) is 6.61. The van der Waals surface area contributed by atoms with Crippen LogP contribution >= 0.6 is 0 Å². The van der Waals surface area contributed by atoms with E-state index < -0.39 is 0 Å². The van der Waals surface area contributed by atoms with Gasteiger partial charge in [0.25, 0.3) is 0 Å². The van der Waals surface area contributed by atoms with Gasteiger partial charge in [-0.1, -0.05) is 32.9 Å².